The monoisotopic (exact) mass is 498 g/mol. The molecule has 1 aromatic carbocycles. The van der Waals surface area contributed by atoms with Crippen LogP contribution in [0.15, 0.2) is 16.7 Å². The fourth-order valence-corrected chi connectivity index (χ4v) is 6.35. The van der Waals surface area contributed by atoms with Gasteiger partial charge >= 0.3 is 10.2 Å². The highest BCUT2D eigenvalue weighted by Crippen LogP contribution is 2.35. The molecule has 0 radical (unpaired) electrons. The number of halogens is 1. The van der Waals surface area contributed by atoms with Crippen LogP contribution >= 0.6 is 11.6 Å². The van der Waals surface area contributed by atoms with Gasteiger partial charge in [0.25, 0.3) is 0 Å². The van der Waals surface area contributed by atoms with Gasteiger partial charge < -0.3 is 19.3 Å². The Kier molecular flexibility index (Phi) is 6.99. The number of hydrogen-bond donors (Lipinski definition) is 2. The lowest BCUT2D eigenvalue weighted by atomic mass is 10.1. The Hall–Kier alpha value is -1.59. The van der Waals surface area contributed by atoms with Gasteiger partial charge in [-0.15, -0.1) is 0 Å². The van der Waals surface area contributed by atoms with Crippen LogP contribution in [0, 0.1) is 5.92 Å². The summed E-state index contributed by atoms with van der Waals surface area (Å²) in [6.45, 7) is 3.27. The van der Waals surface area contributed by atoms with Crippen LogP contribution in [0.5, 0.6) is 5.75 Å². The van der Waals surface area contributed by atoms with E-state index in [9.17, 15) is 8.42 Å². The molecule has 1 saturated carbocycles. The van der Waals surface area contributed by atoms with Gasteiger partial charge in [0.05, 0.1) is 29.2 Å². The summed E-state index contributed by atoms with van der Waals surface area (Å²) in [5.74, 6) is 1.21. The second-order valence-corrected chi connectivity index (χ2v) is 11.3. The van der Waals surface area contributed by atoms with Crippen molar-refractivity contribution in [2.45, 2.75) is 57.2 Å². The predicted molar refractivity (Wildman–Crippen MR) is 126 cm³/mol. The number of fused-ring (bicyclic) bond motifs is 1. The van der Waals surface area contributed by atoms with Gasteiger partial charge in [0.15, 0.2) is 11.4 Å². The average molecular weight is 499 g/mol. The highest BCUT2D eigenvalue weighted by atomic mass is 35.5. The van der Waals surface area contributed by atoms with E-state index in [0.717, 1.165) is 19.5 Å². The molecule has 1 atom stereocenters. The van der Waals surface area contributed by atoms with Gasteiger partial charge in [-0.05, 0) is 50.6 Å². The second kappa shape index (κ2) is 9.95. The summed E-state index contributed by atoms with van der Waals surface area (Å²) in [6.07, 6.45) is 7.52. The first-order chi connectivity index (χ1) is 16.0. The van der Waals surface area contributed by atoms with Crippen LogP contribution in [-0.4, -0.2) is 62.9 Å². The van der Waals surface area contributed by atoms with E-state index in [-0.39, 0.29) is 18.0 Å². The fourth-order valence-electron chi connectivity index (χ4n) is 4.92. The molecule has 5 rings (SSSR count). The van der Waals surface area contributed by atoms with Gasteiger partial charge in [0, 0.05) is 25.7 Å². The number of rotatable bonds is 8. The molecule has 3 aliphatic rings. The third kappa shape index (κ3) is 5.40. The van der Waals surface area contributed by atoms with Crippen LogP contribution in [0.4, 0.5) is 5.82 Å². The maximum atomic E-state index is 13.0. The molecule has 3 heterocycles. The van der Waals surface area contributed by atoms with Gasteiger partial charge in [-0.3, -0.25) is 4.72 Å². The van der Waals surface area contributed by atoms with Crippen molar-refractivity contribution in [1.82, 2.24) is 14.8 Å². The standard InChI is InChI=1S/C22H31ClN4O5S/c23-19-11-18-20(12-21(19)30-14-15-3-1-2-4-15)32-25-22(18)26-33(28,29)27-9-6-16(7-10-27)31-17-5-8-24-13-17/h11-12,15-17,24H,1-10,13-14H2,(H,25,26)/t17-/m0/s1. The van der Waals surface area contributed by atoms with Crippen molar-refractivity contribution in [3.8, 4) is 5.75 Å². The lowest BCUT2D eigenvalue weighted by molar-refractivity contribution is -0.0243. The molecule has 3 fully saturated rings. The Balaban J connectivity index is 1.21. The van der Waals surface area contributed by atoms with Crippen molar-refractivity contribution in [2.75, 3.05) is 37.5 Å². The third-order valence-corrected chi connectivity index (χ3v) is 8.63. The first-order valence-electron chi connectivity index (χ1n) is 11.8. The molecule has 0 spiro atoms. The molecule has 1 aromatic heterocycles. The van der Waals surface area contributed by atoms with E-state index < -0.39 is 10.2 Å². The van der Waals surface area contributed by atoms with Crippen LogP contribution < -0.4 is 14.8 Å². The molecular formula is C22H31ClN4O5S. The minimum atomic E-state index is -3.77. The van der Waals surface area contributed by atoms with Gasteiger partial charge in [0.2, 0.25) is 0 Å². The highest BCUT2D eigenvalue weighted by molar-refractivity contribution is 7.90. The smallest absolute Gasteiger partial charge is 0.302 e. The summed E-state index contributed by atoms with van der Waals surface area (Å²) in [4.78, 5) is 0. The predicted octanol–water partition coefficient (Wildman–Crippen LogP) is 3.55. The summed E-state index contributed by atoms with van der Waals surface area (Å²) in [5, 5.41) is 8.14. The van der Waals surface area contributed by atoms with Crippen molar-refractivity contribution in [3.63, 3.8) is 0 Å². The van der Waals surface area contributed by atoms with Crippen molar-refractivity contribution in [3.05, 3.63) is 17.2 Å². The number of aromatic nitrogens is 1. The molecule has 9 nitrogen and oxygen atoms in total. The van der Waals surface area contributed by atoms with E-state index in [1.54, 1.807) is 12.1 Å². The molecule has 33 heavy (non-hydrogen) atoms. The normalized spacial score (nSPS) is 23.5. The van der Waals surface area contributed by atoms with E-state index in [4.69, 9.17) is 25.6 Å². The van der Waals surface area contributed by atoms with E-state index >= 15 is 0 Å². The molecule has 2 N–H and O–H groups in total. The van der Waals surface area contributed by atoms with Gasteiger partial charge in [0.1, 0.15) is 5.75 Å². The van der Waals surface area contributed by atoms with Crippen LogP contribution in [-0.2, 0) is 14.9 Å². The van der Waals surface area contributed by atoms with Crippen LogP contribution in [0.2, 0.25) is 5.02 Å². The molecular weight excluding hydrogens is 468 g/mol. The zero-order valence-corrected chi connectivity index (χ0v) is 20.2. The molecule has 0 unspecified atom stereocenters. The van der Waals surface area contributed by atoms with Crippen molar-refractivity contribution in [1.29, 1.82) is 0 Å². The van der Waals surface area contributed by atoms with E-state index in [1.807, 2.05) is 0 Å². The molecule has 2 aliphatic heterocycles. The first kappa shape index (κ1) is 23.2. The minimum absolute atomic E-state index is 0.0932. The van der Waals surface area contributed by atoms with Crippen LogP contribution in [0.25, 0.3) is 11.0 Å². The Morgan fingerprint density at radius 2 is 1.94 bits per heavy atom. The van der Waals surface area contributed by atoms with E-state index in [0.29, 0.717) is 60.2 Å². The summed E-state index contributed by atoms with van der Waals surface area (Å²) < 4.78 is 47.3. The third-order valence-electron chi connectivity index (χ3n) is 6.84. The average Bonchev–Trinajstić information content (AvgIpc) is 3.56. The topological polar surface area (TPSA) is 106 Å². The number of nitrogens with zero attached hydrogens (tertiary/aromatic N) is 2. The lowest BCUT2D eigenvalue weighted by Gasteiger charge is -2.32. The Morgan fingerprint density at radius 1 is 1.15 bits per heavy atom. The zero-order valence-electron chi connectivity index (χ0n) is 18.6. The van der Waals surface area contributed by atoms with Gasteiger partial charge in [-0.25, -0.2) is 0 Å². The molecule has 2 saturated heterocycles. The van der Waals surface area contributed by atoms with Gasteiger partial charge in [-0.2, -0.15) is 12.7 Å². The molecule has 182 valence electrons. The Labute approximate surface area is 199 Å². The molecule has 1 aliphatic carbocycles. The SMILES string of the molecule is O=S(=O)(Nc1noc2cc(OCC3CCCC3)c(Cl)cc12)N1CCC(O[C@H]2CCNC2)CC1. The van der Waals surface area contributed by atoms with Crippen molar-refractivity contribution < 1.29 is 22.4 Å². The van der Waals surface area contributed by atoms with Gasteiger partial charge in [-0.1, -0.05) is 29.6 Å². The number of nitrogens with one attached hydrogen (secondary N) is 2. The number of benzene rings is 1. The maximum absolute atomic E-state index is 13.0. The first-order valence-corrected chi connectivity index (χ1v) is 13.7. The van der Waals surface area contributed by atoms with E-state index in [2.05, 4.69) is 15.2 Å². The number of anilines is 1. The number of ether oxygens (including phenoxy) is 2. The molecule has 2 aromatic rings. The van der Waals surface area contributed by atoms with E-state index in [1.165, 1.54) is 30.0 Å². The number of piperidine rings is 1. The fraction of sp³-hybridized carbons (Fsp3) is 0.682. The van der Waals surface area contributed by atoms with Crippen LogP contribution in [0.1, 0.15) is 44.9 Å². The summed E-state index contributed by atoms with van der Waals surface area (Å²) in [6, 6.07) is 3.32. The summed E-state index contributed by atoms with van der Waals surface area (Å²) in [7, 11) is -3.77. The Bertz CT molecular complexity index is 1060. The maximum Gasteiger partial charge on any atom is 0.302 e. The zero-order chi connectivity index (χ0) is 22.8. The minimum Gasteiger partial charge on any atom is -0.492 e. The lowest BCUT2D eigenvalue weighted by Crippen LogP contribution is -2.44. The van der Waals surface area contributed by atoms with Crippen molar-refractivity contribution >= 4 is 38.6 Å². The summed E-state index contributed by atoms with van der Waals surface area (Å²) >= 11 is 6.42. The molecule has 11 heteroatoms. The second-order valence-electron chi connectivity index (χ2n) is 9.23. The highest BCUT2D eigenvalue weighted by Gasteiger charge is 2.31. The molecule has 0 bridgehead atoms. The quantitative estimate of drug-likeness (QED) is 0.573. The van der Waals surface area contributed by atoms with Crippen molar-refractivity contribution in [2.24, 2.45) is 5.92 Å². The molecule has 0 amide bonds. The summed E-state index contributed by atoms with van der Waals surface area (Å²) in [5.41, 5.74) is 0.427. The largest absolute Gasteiger partial charge is 0.492 e. The van der Waals surface area contributed by atoms with Crippen LogP contribution in [0.3, 0.4) is 0 Å². The Morgan fingerprint density at radius 3 is 2.67 bits per heavy atom. The number of hydrogen-bond acceptors (Lipinski definition) is 7.